The molecule has 0 fully saturated rings. The number of rotatable bonds is 2. The number of nitrogens with two attached hydrogens (primary N) is 1. The van der Waals surface area contributed by atoms with Crippen LogP contribution >= 0.6 is 15.6 Å². The number of nitrogens with one attached hydrogen (secondary N) is 1. The molecular formula is C5H16N3NaO8P2. The van der Waals surface area contributed by atoms with Gasteiger partial charge in [0.2, 0.25) is 0 Å². The Morgan fingerprint density at radius 1 is 1.11 bits per heavy atom. The standard InChI is InChI=1S/C5H9N3.Na.2H3O4P.H/c6-2-1-5-3-7-4-8-5;;2*1-5(2,3)4;/h3-4H,1-2,6H2,(H,7,8);;2*(H3,1,2,3,4);. The summed E-state index contributed by atoms with van der Waals surface area (Å²) in [6, 6.07) is 0. The van der Waals surface area contributed by atoms with Crippen LogP contribution < -0.4 is 5.73 Å². The Kier molecular flexibility index (Phi) is 15.6. The van der Waals surface area contributed by atoms with Crippen molar-refractivity contribution in [3.8, 4) is 0 Å². The Hall–Kier alpha value is 0.390. The molecule has 0 amide bonds. The predicted octanol–water partition coefficient (Wildman–Crippen LogP) is -2.59. The number of nitrogens with zero attached hydrogens (tertiary/aromatic N) is 1. The molecule has 0 bridgehead atoms. The van der Waals surface area contributed by atoms with Gasteiger partial charge in [0.05, 0.1) is 12.0 Å². The molecule has 1 rings (SSSR count). The fourth-order valence-electron chi connectivity index (χ4n) is 0.576. The summed E-state index contributed by atoms with van der Waals surface area (Å²) >= 11 is 0. The SMILES string of the molecule is NCCc1c[nH]cn1.O=P(O)(O)O.O=P(O)(O)O.[NaH]. The van der Waals surface area contributed by atoms with Crippen molar-refractivity contribution in [3.05, 3.63) is 18.2 Å². The minimum atomic E-state index is -4.64. The van der Waals surface area contributed by atoms with Crippen molar-refractivity contribution in [2.75, 3.05) is 6.54 Å². The molecule has 19 heavy (non-hydrogen) atoms. The topological polar surface area (TPSA) is 210 Å². The molecular weight excluding hydrogens is 315 g/mol. The van der Waals surface area contributed by atoms with Gasteiger partial charge >= 0.3 is 45.2 Å². The van der Waals surface area contributed by atoms with Crippen molar-refractivity contribution in [3.63, 3.8) is 0 Å². The summed E-state index contributed by atoms with van der Waals surface area (Å²) in [7, 11) is -9.28. The average molecular weight is 331 g/mol. The Morgan fingerprint density at radius 2 is 1.47 bits per heavy atom. The summed E-state index contributed by atoms with van der Waals surface area (Å²) in [5.41, 5.74) is 6.30. The van der Waals surface area contributed by atoms with E-state index >= 15 is 0 Å². The van der Waals surface area contributed by atoms with Gasteiger partial charge < -0.3 is 40.1 Å². The van der Waals surface area contributed by atoms with Crippen molar-refractivity contribution in [2.24, 2.45) is 5.73 Å². The predicted molar refractivity (Wildman–Crippen MR) is 67.0 cm³/mol. The fourth-order valence-corrected chi connectivity index (χ4v) is 0.576. The van der Waals surface area contributed by atoms with Crippen molar-refractivity contribution < 1.29 is 38.5 Å². The zero-order valence-corrected chi connectivity index (χ0v) is 10.8. The van der Waals surface area contributed by atoms with E-state index in [1.54, 1.807) is 6.33 Å². The number of aromatic amines is 1. The number of imidazole rings is 1. The average Bonchev–Trinajstić information content (AvgIpc) is 2.50. The molecule has 1 aromatic heterocycles. The maximum atomic E-state index is 8.88. The number of phosphoric acid groups is 2. The summed E-state index contributed by atoms with van der Waals surface area (Å²) in [6.45, 7) is 0.671. The number of hydrogen-bond donors (Lipinski definition) is 8. The van der Waals surface area contributed by atoms with E-state index < -0.39 is 15.6 Å². The third-order valence-electron chi connectivity index (χ3n) is 0.955. The van der Waals surface area contributed by atoms with Crippen LogP contribution in [0.1, 0.15) is 5.69 Å². The van der Waals surface area contributed by atoms with Gasteiger partial charge in [-0.15, -0.1) is 0 Å². The van der Waals surface area contributed by atoms with Gasteiger partial charge in [-0.3, -0.25) is 0 Å². The Morgan fingerprint density at radius 3 is 1.68 bits per heavy atom. The molecule has 0 aliphatic carbocycles. The van der Waals surface area contributed by atoms with Crippen LogP contribution in [0.2, 0.25) is 0 Å². The van der Waals surface area contributed by atoms with E-state index in [1.165, 1.54) is 0 Å². The van der Waals surface area contributed by atoms with E-state index in [1.807, 2.05) is 6.20 Å². The Labute approximate surface area is 130 Å². The molecule has 11 nitrogen and oxygen atoms in total. The van der Waals surface area contributed by atoms with Gasteiger partial charge in [-0.05, 0) is 6.54 Å². The first kappa shape index (κ1) is 24.4. The number of H-pyrrole nitrogens is 1. The van der Waals surface area contributed by atoms with E-state index in [4.69, 9.17) is 44.2 Å². The maximum absolute atomic E-state index is 8.88. The zero-order valence-electron chi connectivity index (χ0n) is 8.99. The molecule has 1 aromatic rings. The summed E-state index contributed by atoms with van der Waals surface area (Å²) in [5, 5.41) is 0. The summed E-state index contributed by atoms with van der Waals surface area (Å²) in [6.07, 6.45) is 4.38. The van der Waals surface area contributed by atoms with Crippen LogP contribution in [0.3, 0.4) is 0 Å². The molecule has 0 unspecified atom stereocenters. The molecule has 1 heterocycles. The third-order valence-corrected chi connectivity index (χ3v) is 0.955. The van der Waals surface area contributed by atoms with Crippen molar-refractivity contribution in [1.29, 1.82) is 0 Å². The number of aromatic nitrogens is 2. The molecule has 14 heteroatoms. The van der Waals surface area contributed by atoms with Crippen LogP contribution in [0.4, 0.5) is 0 Å². The quantitative estimate of drug-likeness (QED) is 0.209. The Balaban J connectivity index is -0.000000208. The summed E-state index contributed by atoms with van der Waals surface area (Å²) in [5.74, 6) is 0. The van der Waals surface area contributed by atoms with Gasteiger partial charge in [0.25, 0.3) is 0 Å². The third kappa shape index (κ3) is 45.8. The normalized spacial score (nSPS) is 10.3. The second kappa shape index (κ2) is 12.2. The van der Waals surface area contributed by atoms with Crippen LogP contribution in [0, 0.1) is 0 Å². The van der Waals surface area contributed by atoms with Crippen LogP contribution in [0.15, 0.2) is 12.5 Å². The molecule has 0 radical (unpaired) electrons. The first-order chi connectivity index (χ1) is 7.93. The molecule has 0 saturated carbocycles. The second-order valence-corrected chi connectivity index (χ2v) is 4.68. The van der Waals surface area contributed by atoms with E-state index in [0.29, 0.717) is 6.54 Å². The summed E-state index contributed by atoms with van der Waals surface area (Å²) < 4.78 is 17.8. The summed E-state index contributed by atoms with van der Waals surface area (Å²) in [4.78, 5) is 49.9. The van der Waals surface area contributed by atoms with Gasteiger partial charge in [0.15, 0.2) is 0 Å². The van der Waals surface area contributed by atoms with Gasteiger partial charge in [-0.1, -0.05) is 0 Å². The molecule has 0 aliphatic rings. The zero-order chi connectivity index (χ0) is 14.8. The molecule has 0 aliphatic heterocycles. The molecule has 9 N–H and O–H groups in total. The van der Waals surface area contributed by atoms with Gasteiger partial charge in [0, 0.05) is 12.6 Å². The monoisotopic (exact) mass is 331 g/mol. The molecule has 0 spiro atoms. The molecule has 110 valence electrons. The van der Waals surface area contributed by atoms with E-state index in [-0.39, 0.29) is 29.6 Å². The molecule has 0 saturated heterocycles. The van der Waals surface area contributed by atoms with Crippen molar-refractivity contribution in [2.45, 2.75) is 6.42 Å². The second-order valence-electron chi connectivity index (χ2n) is 2.63. The van der Waals surface area contributed by atoms with Gasteiger partial charge in [-0.25, -0.2) is 14.1 Å². The molecule has 0 atom stereocenters. The van der Waals surface area contributed by atoms with E-state index in [0.717, 1.165) is 12.1 Å². The van der Waals surface area contributed by atoms with Crippen LogP contribution in [-0.2, 0) is 15.6 Å². The van der Waals surface area contributed by atoms with Crippen molar-refractivity contribution >= 4 is 45.2 Å². The number of hydrogen-bond acceptors (Lipinski definition) is 4. The van der Waals surface area contributed by atoms with Gasteiger partial charge in [0.1, 0.15) is 0 Å². The van der Waals surface area contributed by atoms with E-state index in [2.05, 4.69) is 9.97 Å². The first-order valence-corrected chi connectivity index (χ1v) is 7.31. The van der Waals surface area contributed by atoms with Crippen LogP contribution in [0.5, 0.6) is 0 Å². The minimum absolute atomic E-state index is 0. The Bertz CT molecular complexity index is 353. The van der Waals surface area contributed by atoms with Crippen LogP contribution in [0.25, 0.3) is 0 Å². The first-order valence-electron chi connectivity index (χ1n) is 4.17. The van der Waals surface area contributed by atoms with E-state index in [9.17, 15) is 0 Å². The van der Waals surface area contributed by atoms with Crippen LogP contribution in [-0.4, -0.2) is 75.4 Å². The van der Waals surface area contributed by atoms with Gasteiger partial charge in [-0.2, -0.15) is 0 Å². The molecule has 0 aromatic carbocycles. The fraction of sp³-hybridized carbons (Fsp3) is 0.400. The van der Waals surface area contributed by atoms with Crippen molar-refractivity contribution in [1.82, 2.24) is 9.97 Å².